The van der Waals surface area contributed by atoms with Crippen molar-refractivity contribution in [2.24, 2.45) is 5.92 Å². The highest BCUT2D eigenvalue weighted by Crippen LogP contribution is 2.42. The lowest BCUT2D eigenvalue weighted by Crippen LogP contribution is -2.37. The molecule has 0 aliphatic heterocycles. The standard InChI is InChI=1S/C36H56O6/c1-6-7-8-9-10-11-12-13-14-15-16-17-18-19-35(39)42-26-28-21-34(41-5)32-23-29(22-31(32)33(28)25-37)36(4,40)24-30(38)20-27(2)3/h20-21,25,29,40H,6-19,22-24,26H2,1-5H3/t29-,36+/m0/s1. The number of benzene rings is 1. The molecule has 0 spiro atoms. The Morgan fingerprint density at radius 3 is 2.00 bits per heavy atom. The monoisotopic (exact) mass is 584 g/mol. The van der Waals surface area contributed by atoms with Crippen LogP contribution in [-0.4, -0.2) is 35.9 Å². The molecule has 0 unspecified atom stereocenters. The van der Waals surface area contributed by atoms with Crippen molar-refractivity contribution < 1.29 is 29.0 Å². The van der Waals surface area contributed by atoms with Gasteiger partial charge in [0.05, 0.1) is 12.7 Å². The van der Waals surface area contributed by atoms with E-state index in [1.54, 1.807) is 26.2 Å². The third-order valence-electron chi connectivity index (χ3n) is 8.61. The molecule has 0 radical (unpaired) electrons. The Balaban J connectivity index is 1.80. The van der Waals surface area contributed by atoms with Crippen molar-refractivity contribution in [3.63, 3.8) is 0 Å². The van der Waals surface area contributed by atoms with Gasteiger partial charge < -0.3 is 14.6 Å². The van der Waals surface area contributed by atoms with Gasteiger partial charge in [0.15, 0.2) is 12.1 Å². The minimum absolute atomic E-state index is 0.00904. The van der Waals surface area contributed by atoms with Crippen LogP contribution in [-0.2, 0) is 33.8 Å². The van der Waals surface area contributed by atoms with E-state index in [0.717, 1.165) is 42.2 Å². The molecular weight excluding hydrogens is 528 g/mol. The number of aliphatic hydroxyl groups is 1. The maximum absolute atomic E-state index is 12.5. The number of ketones is 1. The van der Waals surface area contributed by atoms with Gasteiger partial charge in [0, 0.05) is 24.0 Å². The number of carbonyl (C=O) groups excluding carboxylic acids is 3. The Hall–Kier alpha value is -2.47. The summed E-state index contributed by atoms with van der Waals surface area (Å²) in [7, 11) is 1.57. The number of ether oxygens (including phenoxy) is 2. The zero-order valence-corrected chi connectivity index (χ0v) is 27.0. The van der Waals surface area contributed by atoms with Crippen LogP contribution in [0.5, 0.6) is 5.75 Å². The molecule has 1 aromatic rings. The van der Waals surface area contributed by atoms with Crippen LogP contribution in [0.4, 0.5) is 0 Å². The number of hydrogen-bond donors (Lipinski definition) is 1. The third kappa shape index (κ3) is 12.0. The molecule has 0 bridgehead atoms. The van der Waals surface area contributed by atoms with E-state index in [-0.39, 0.29) is 30.7 Å². The molecule has 1 N–H and O–H groups in total. The Morgan fingerprint density at radius 1 is 0.929 bits per heavy atom. The minimum Gasteiger partial charge on any atom is -0.496 e. The van der Waals surface area contributed by atoms with Gasteiger partial charge in [-0.25, -0.2) is 0 Å². The number of allylic oxidation sites excluding steroid dienone is 2. The smallest absolute Gasteiger partial charge is 0.306 e. The van der Waals surface area contributed by atoms with E-state index in [1.807, 2.05) is 13.8 Å². The fourth-order valence-corrected chi connectivity index (χ4v) is 6.13. The van der Waals surface area contributed by atoms with Crippen LogP contribution in [0.15, 0.2) is 17.7 Å². The van der Waals surface area contributed by atoms with Crippen LogP contribution in [0, 0.1) is 5.92 Å². The second-order valence-electron chi connectivity index (χ2n) is 12.7. The molecule has 42 heavy (non-hydrogen) atoms. The highest BCUT2D eigenvalue weighted by molar-refractivity contribution is 5.91. The van der Waals surface area contributed by atoms with Crippen molar-refractivity contribution >= 4 is 18.0 Å². The maximum Gasteiger partial charge on any atom is 0.306 e. The predicted octanol–water partition coefficient (Wildman–Crippen LogP) is 8.42. The first-order chi connectivity index (χ1) is 20.1. The van der Waals surface area contributed by atoms with Gasteiger partial charge in [-0.1, -0.05) is 89.5 Å². The summed E-state index contributed by atoms with van der Waals surface area (Å²) in [5, 5.41) is 11.2. The van der Waals surface area contributed by atoms with Gasteiger partial charge in [-0.05, 0) is 69.2 Å². The molecule has 236 valence electrons. The Bertz CT molecular complexity index is 1030. The fourth-order valence-electron chi connectivity index (χ4n) is 6.13. The van der Waals surface area contributed by atoms with Crippen molar-refractivity contribution in [2.45, 2.75) is 149 Å². The van der Waals surface area contributed by atoms with Crippen LogP contribution >= 0.6 is 0 Å². The Kier molecular flexibility index (Phi) is 16.1. The molecule has 1 aliphatic carbocycles. The van der Waals surface area contributed by atoms with Crippen LogP contribution in [0.1, 0.15) is 151 Å². The molecule has 0 saturated carbocycles. The molecule has 2 atom stereocenters. The minimum atomic E-state index is -1.23. The number of rotatable bonds is 22. The lowest BCUT2D eigenvalue weighted by Gasteiger charge is -2.29. The van der Waals surface area contributed by atoms with Gasteiger partial charge in [0.1, 0.15) is 12.4 Å². The first-order valence-corrected chi connectivity index (χ1v) is 16.3. The van der Waals surface area contributed by atoms with E-state index in [1.165, 1.54) is 64.2 Å². The number of hydrogen-bond acceptors (Lipinski definition) is 6. The van der Waals surface area contributed by atoms with Crippen molar-refractivity contribution in [3.8, 4) is 5.75 Å². The van der Waals surface area contributed by atoms with E-state index in [0.29, 0.717) is 36.1 Å². The van der Waals surface area contributed by atoms with Crippen molar-refractivity contribution in [2.75, 3.05) is 7.11 Å². The van der Waals surface area contributed by atoms with Crippen molar-refractivity contribution in [1.29, 1.82) is 0 Å². The zero-order chi connectivity index (χ0) is 31.0. The summed E-state index contributed by atoms with van der Waals surface area (Å²) < 4.78 is 11.2. The van der Waals surface area contributed by atoms with Gasteiger partial charge >= 0.3 is 5.97 Å². The van der Waals surface area contributed by atoms with E-state index in [9.17, 15) is 19.5 Å². The second-order valence-corrected chi connectivity index (χ2v) is 12.7. The number of aldehydes is 1. The zero-order valence-electron chi connectivity index (χ0n) is 27.0. The lowest BCUT2D eigenvalue weighted by atomic mass is 9.82. The van der Waals surface area contributed by atoms with Gasteiger partial charge in [0.2, 0.25) is 0 Å². The number of unbranched alkanes of at least 4 members (excludes halogenated alkanes) is 12. The van der Waals surface area contributed by atoms with Crippen LogP contribution in [0.3, 0.4) is 0 Å². The maximum atomic E-state index is 12.5. The quantitative estimate of drug-likeness (QED) is 0.0637. The number of carbonyl (C=O) groups is 3. The summed E-state index contributed by atoms with van der Waals surface area (Å²) in [5.41, 5.74) is 2.46. The summed E-state index contributed by atoms with van der Waals surface area (Å²) in [6.45, 7) is 7.66. The molecular formula is C36H56O6. The summed E-state index contributed by atoms with van der Waals surface area (Å²) in [4.78, 5) is 37.0. The average molecular weight is 585 g/mol. The number of fused-ring (bicyclic) bond motifs is 1. The molecule has 0 aromatic heterocycles. The molecule has 6 nitrogen and oxygen atoms in total. The Morgan fingerprint density at radius 2 is 1.48 bits per heavy atom. The fraction of sp³-hybridized carbons (Fsp3) is 0.694. The van der Waals surface area contributed by atoms with Crippen molar-refractivity contribution in [1.82, 2.24) is 0 Å². The van der Waals surface area contributed by atoms with Gasteiger partial charge in [-0.3, -0.25) is 14.4 Å². The molecule has 1 aromatic carbocycles. The SMILES string of the molecule is CCCCCCCCCCCCCCCC(=O)OCc1cc(OC)c2c(c1C=O)C[C@H]([C@](C)(O)CC(=O)C=C(C)C)C2. The molecule has 0 saturated heterocycles. The molecule has 0 heterocycles. The third-order valence-corrected chi connectivity index (χ3v) is 8.61. The van der Waals surface area contributed by atoms with E-state index in [2.05, 4.69) is 6.92 Å². The largest absolute Gasteiger partial charge is 0.496 e. The molecule has 6 heteroatoms. The topological polar surface area (TPSA) is 89.9 Å². The summed E-state index contributed by atoms with van der Waals surface area (Å²) in [6.07, 6.45) is 20.0. The van der Waals surface area contributed by atoms with E-state index in [4.69, 9.17) is 9.47 Å². The van der Waals surface area contributed by atoms with Crippen LogP contribution in [0.25, 0.3) is 0 Å². The summed E-state index contributed by atoms with van der Waals surface area (Å²) in [5.74, 6) is 0.0117. The second kappa shape index (κ2) is 18.9. The number of methoxy groups -OCH3 is 1. The lowest BCUT2D eigenvalue weighted by molar-refractivity contribution is -0.145. The van der Waals surface area contributed by atoms with Crippen LogP contribution in [0.2, 0.25) is 0 Å². The Labute approximate surface area is 254 Å². The number of esters is 1. The average Bonchev–Trinajstić information content (AvgIpc) is 3.39. The first-order valence-electron chi connectivity index (χ1n) is 16.3. The normalized spacial score (nSPS) is 15.5. The van der Waals surface area contributed by atoms with E-state index >= 15 is 0 Å². The summed E-state index contributed by atoms with van der Waals surface area (Å²) >= 11 is 0. The highest BCUT2D eigenvalue weighted by Gasteiger charge is 2.40. The van der Waals surface area contributed by atoms with Crippen LogP contribution < -0.4 is 4.74 Å². The molecule has 0 amide bonds. The van der Waals surface area contributed by atoms with Gasteiger partial charge in [-0.2, -0.15) is 0 Å². The molecule has 0 fully saturated rings. The van der Waals surface area contributed by atoms with Crippen molar-refractivity contribution in [3.05, 3.63) is 40.0 Å². The summed E-state index contributed by atoms with van der Waals surface area (Å²) in [6, 6.07) is 1.77. The first kappa shape index (κ1) is 35.7. The molecule has 2 rings (SSSR count). The van der Waals surface area contributed by atoms with E-state index < -0.39 is 5.60 Å². The van der Waals surface area contributed by atoms with Gasteiger partial charge in [0.25, 0.3) is 0 Å². The van der Waals surface area contributed by atoms with Gasteiger partial charge in [-0.15, -0.1) is 0 Å². The molecule has 1 aliphatic rings. The highest BCUT2D eigenvalue weighted by atomic mass is 16.5. The predicted molar refractivity (Wildman–Crippen MR) is 169 cm³/mol.